The predicted molar refractivity (Wildman–Crippen MR) is 108 cm³/mol. The topological polar surface area (TPSA) is 85.3 Å². The number of benzene rings is 1. The number of rotatable bonds is 5. The van der Waals surface area contributed by atoms with Crippen LogP contribution >= 0.6 is 0 Å². The van der Waals surface area contributed by atoms with Crippen LogP contribution in [0.5, 0.6) is 5.75 Å². The number of aromatic nitrogens is 3. The van der Waals surface area contributed by atoms with E-state index in [1.54, 1.807) is 12.1 Å². The molecule has 1 aliphatic rings. The summed E-state index contributed by atoms with van der Waals surface area (Å²) in [4.78, 5) is 21.3. The lowest BCUT2D eigenvalue weighted by Crippen LogP contribution is -2.34. The third kappa shape index (κ3) is 3.27. The average Bonchev–Trinajstić information content (AvgIpc) is 3.31. The van der Waals surface area contributed by atoms with Crippen LogP contribution in [0.2, 0.25) is 0 Å². The number of carbonyl (C=O) groups is 1. The van der Waals surface area contributed by atoms with Crippen LogP contribution in [0.3, 0.4) is 0 Å². The molecule has 3 heterocycles. The van der Waals surface area contributed by atoms with E-state index >= 15 is 0 Å². The highest BCUT2D eigenvalue weighted by Gasteiger charge is 2.32. The summed E-state index contributed by atoms with van der Waals surface area (Å²) >= 11 is 0. The van der Waals surface area contributed by atoms with E-state index in [9.17, 15) is 9.90 Å². The number of phenolic OH excluding ortho intramolecular Hbond substituents is 1. The molecular weight excluding hydrogens is 354 g/mol. The van der Waals surface area contributed by atoms with Gasteiger partial charge >= 0.3 is 0 Å². The molecule has 1 fully saturated rings. The van der Waals surface area contributed by atoms with Gasteiger partial charge in [-0.25, -0.2) is 4.98 Å². The van der Waals surface area contributed by atoms with E-state index in [0.717, 1.165) is 53.7 Å². The van der Waals surface area contributed by atoms with Gasteiger partial charge in [-0.2, -0.15) is 5.10 Å². The van der Waals surface area contributed by atoms with Crippen molar-refractivity contribution in [1.82, 2.24) is 25.0 Å². The number of likely N-dealkylation sites (N-methyl/N-ethyl adjacent to an activating group) is 1. The maximum absolute atomic E-state index is 12.2. The molecule has 7 heteroatoms. The summed E-state index contributed by atoms with van der Waals surface area (Å²) in [5.74, 6) is 0.207. The van der Waals surface area contributed by atoms with Crippen molar-refractivity contribution >= 4 is 17.3 Å². The zero-order chi connectivity index (χ0) is 19.8. The van der Waals surface area contributed by atoms with Crippen LogP contribution in [0.1, 0.15) is 23.7 Å². The Hall–Kier alpha value is -2.77. The molecule has 0 bridgehead atoms. The molecule has 1 saturated heterocycles. The first-order valence-electron chi connectivity index (χ1n) is 9.48. The monoisotopic (exact) mass is 379 g/mol. The molecule has 2 unspecified atom stereocenters. The van der Waals surface area contributed by atoms with Crippen molar-refractivity contribution in [3.8, 4) is 17.0 Å². The number of H-pyrrole nitrogens is 1. The number of fused-ring (bicyclic) bond motifs is 1. The Bertz CT molecular complexity index is 996. The zero-order valence-electron chi connectivity index (χ0n) is 16.4. The van der Waals surface area contributed by atoms with E-state index < -0.39 is 0 Å². The van der Waals surface area contributed by atoms with Crippen molar-refractivity contribution in [1.29, 1.82) is 0 Å². The van der Waals surface area contributed by atoms with Crippen LogP contribution in [-0.4, -0.2) is 69.6 Å². The number of nitrogens with zero attached hydrogens (tertiary/aromatic N) is 4. The van der Waals surface area contributed by atoms with Gasteiger partial charge in [-0.1, -0.05) is 0 Å². The molecule has 0 amide bonds. The first-order chi connectivity index (χ1) is 13.5. The number of hydrogen-bond donors (Lipinski definition) is 2. The number of likely N-dealkylation sites (tertiary alicyclic amines) is 1. The van der Waals surface area contributed by atoms with Crippen molar-refractivity contribution in [2.45, 2.75) is 25.4 Å². The molecule has 0 saturated carbocycles. The molecular formula is C21H25N5O2. The highest BCUT2D eigenvalue weighted by Crippen LogP contribution is 2.33. The van der Waals surface area contributed by atoms with E-state index in [0.29, 0.717) is 11.7 Å². The van der Waals surface area contributed by atoms with Crippen molar-refractivity contribution < 1.29 is 9.90 Å². The number of aromatic amines is 1. The van der Waals surface area contributed by atoms with Crippen LogP contribution < -0.4 is 0 Å². The molecule has 7 nitrogen and oxygen atoms in total. The highest BCUT2D eigenvalue weighted by molar-refractivity contribution is 5.88. The van der Waals surface area contributed by atoms with Gasteiger partial charge in [0.1, 0.15) is 12.0 Å². The van der Waals surface area contributed by atoms with Gasteiger partial charge in [0.05, 0.1) is 11.7 Å². The van der Waals surface area contributed by atoms with Crippen LogP contribution in [0, 0.1) is 6.92 Å². The lowest BCUT2D eigenvalue weighted by Gasteiger charge is -2.26. The summed E-state index contributed by atoms with van der Waals surface area (Å²) in [6.07, 6.45) is 2.07. The molecule has 28 heavy (non-hydrogen) atoms. The minimum atomic E-state index is -0.345. The number of pyridine rings is 1. The van der Waals surface area contributed by atoms with E-state index in [4.69, 9.17) is 0 Å². The SMILES string of the molecule is Cc1[nH]nc2nc(-c3ccc(O)cc3)cc(C(C=O)N3CCC(N(C)C)C3)c12. The normalized spacial score (nSPS) is 18.8. The fourth-order valence-electron chi connectivity index (χ4n) is 4.02. The number of aromatic hydroxyl groups is 1. The molecule has 1 aliphatic heterocycles. The third-order valence-electron chi connectivity index (χ3n) is 5.66. The Morgan fingerprint density at radius 3 is 2.71 bits per heavy atom. The molecule has 2 aromatic heterocycles. The molecule has 3 aromatic rings. The number of aldehydes is 1. The number of aryl methyl sites for hydroxylation is 1. The molecule has 4 rings (SSSR count). The Kier molecular flexibility index (Phi) is 4.87. The quantitative estimate of drug-likeness (QED) is 0.663. The second kappa shape index (κ2) is 7.33. The maximum Gasteiger partial charge on any atom is 0.182 e. The number of hydrogen-bond acceptors (Lipinski definition) is 6. The Morgan fingerprint density at radius 1 is 1.32 bits per heavy atom. The van der Waals surface area contributed by atoms with Gasteiger partial charge in [0.2, 0.25) is 0 Å². The Balaban J connectivity index is 1.81. The van der Waals surface area contributed by atoms with E-state index in [1.165, 1.54) is 0 Å². The molecule has 146 valence electrons. The summed E-state index contributed by atoms with van der Waals surface area (Å²) in [7, 11) is 4.16. The standard InChI is InChI=1S/C21H25N5O2/c1-13-20-17(19(12-27)26-9-8-15(11-26)25(2)3)10-18(22-21(20)24-23-13)14-4-6-16(28)7-5-14/h4-7,10,12,15,19,28H,8-9,11H2,1-3H3,(H,22,23,24). The fraction of sp³-hybridized carbons (Fsp3) is 0.381. The highest BCUT2D eigenvalue weighted by atomic mass is 16.3. The van der Waals surface area contributed by atoms with Crippen molar-refractivity contribution in [3.05, 3.63) is 41.6 Å². The molecule has 0 spiro atoms. The summed E-state index contributed by atoms with van der Waals surface area (Å²) in [6, 6.07) is 9.00. The van der Waals surface area contributed by atoms with E-state index in [2.05, 4.69) is 39.1 Å². The summed E-state index contributed by atoms with van der Waals surface area (Å²) in [6.45, 7) is 3.68. The minimum Gasteiger partial charge on any atom is -0.508 e. The number of carbonyl (C=O) groups excluding carboxylic acids is 1. The maximum atomic E-state index is 12.2. The molecule has 1 aromatic carbocycles. The fourth-order valence-corrected chi connectivity index (χ4v) is 4.02. The lowest BCUT2D eigenvalue weighted by molar-refractivity contribution is -0.112. The van der Waals surface area contributed by atoms with Gasteiger partial charge in [-0.15, -0.1) is 0 Å². The van der Waals surface area contributed by atoms with Crippen LogP contribution in [0.15, 0.2) is 30.3 Å². The predicted octanol–water partition coefficient (Wildman–Crippen LogP) is 2.51. The summed E-state index contributed by atoms with van der Waals surface area (Å²) in [5, 5.41) is 17.8. The molecule has 0 radical (unpaired) electrons. The van der Waals surface area contributed by atoms with Gasteiger partial charge in [0, 0.05) is 35.8 Å². The number of phenols is 1. The van der Waals surface area contributed by atoms with E-state index in [-0.39, 0.29) is 11.8 Å². The van der Waals surface area contributed by atoms with Gasteiger partial charge in [0.15, 0.2) is 5.65 Å². The van der Waals surface area contributed by atoms with Crippen molar-refractivity contribution in [2.24, 2.45) is 0 Å². The van der Waals surface area contributed by atoms with Gasteiger partial charge < -0.3 is 14.8 Å². The van der Waals surface area contributed by atoms with Gasteiger partial charge in [-0.05, 0) is 63.3 Å². The zero-order valence-corrected chi connectivity index (χ0v) is 16.4. The van der Waals surface area contributed by atoms with Crippen LogP contribution in [-0.2, 0) is 4.79 Å². The smallest absolute Gasteiger partial charge is 0.182 e. The molecule has 2 N–H and O–H groups in total. The first kappa shape index (κ1) is 18.6. The van der Waals surface area contributed by atoms with Gasteiger partial charge in [0.25, 0.3) is 0 Å². The first-order valence-corrected chi connectivity index (χ1v) is 9.48. The van der Waals surface area contributed by atoms with Crippen LogP contribution in [0.4, 0.5) is 0 Å². The summed E-state index contributed by atoms with van der Waals surface area (Å²) in [5.41, 5.74) is 4.05. The van der Waals surface area contributed by atoms with Gasteiger partial charge in [-0.3, -0.25) is 10.00 Å². The number of nitrogens with one attached hydrogen (secondary N) is 1. The van der Waals surface area contributed by atoms with Crippen LogP contribution in [0.25, 0.3) is 22.3 Å². The Morgan fingerprint density at radius 2 is 2.07 bits per heavy atom. The van der Waals surface area contributed by atoms with Crippen molar-refractivity contribution in [3.63, 3.8) is 0 Å². The second-order valence-electron chi connectivity index (χ2n) is 7.67. The summed E-state index contributed by atoms with van der Waals surface area (Å²) < 4.78 is 0. The lowest BCUT2D eigenvalue weighted by atomic mass is 9.99. The molecule has 2 atom stereocenters. The Labute approximate surface area is 164 Å². The largest absolute Gasteiger partial charge is 0.508 e. The second-order valence-corrected chi connectivity index (χ2v) is 7.67. The van der Waals surface area contributed by atoms with E-state index in [1.807, 2.05) is 25.1 Å². The molecule has 0 aliphatic carbocycles. The third-order valence-corrected chi connectivity index (χ3v) is 5.66. The average molecular weight is 379 g/mol. The minimum absolute atomic E-state index is 0.207. The van der Waals surface area contributed by atoms with Crippen molar-refractivity contribution in [2.75, 3.05) is 27.2 Å².